The largest absolute Gasteiger partial charge is 0.378 e. The van der Waals surface area contributed by atoms with Crippen LogP contribution in [0.15, 0.2) is 24.5 Å². The summed E-state index contributed by atoms with van der Waals surface area (Å²) >= 11 is 0. The smallest absolute Gasteiger partial charge is 0.239 e. The van der Waals surface area contributed by atoms with E-state index in [-0.39, 0.29) is 5.91 Å². The molecular weight excluding hydrogens is 218 g/mol. The second-order valence-electron chi connectivity index (χ2n) is 4.11. The SMILES string of the molecule is N[C@@H](Cc1cccnc1)C(=O)N1CCOCC1. The van der Waals surface area contributed by atoms with Crippen LogP contribution < -0.4 is 5.73 Å². The van der Waals surface area contributed by atoms with Crippen LogP contribution in [0.25, 0.3) is 0 Å². The lowest BCUT2D eigenvalue weighted by molar-refractivity contribution is -0.136. The normalized spacial score (nSPS) is 17.8. The minimum absolute atomic E-state index is 0.00264. The van der Waals surface area contributed by atoms with E-state index in [1.807, 2.05) is 12.1 Å². The molecule has 0 unspecified atom stereocenters. The van der Waals surface area contributed by atoms with Gasteiger partial charge in [-0.2, -0.15) is 0 Å². The molecule has 1 amide bonds. The molecule has 1 aromatic heterocycles. The number of nitrogens with zero attached hydrogens (tertiary/aromatic N) is 2. The molecule has 0 radical (unpaired) electrons. The molecule has 5 heteroatoms. The first kappa shape index (κ1) is 12.0. The summed E-state index contributed by atoms with van der Waals surface area (Å²) in [6.45, 7) is 2.48. The Kier molecular flexibility index (Phi) is 4.06. The van der Waals surface area contributed by atoms with Crippen molar-refractivity contribution in [3.05, 3.63) is 30.1 Å². The molecule has 0 spiro atoms. The summed E-state index contributed by atoms with van der Waals surface area (Å²) in [6.07, 6.45) is 3.98. The van der Waals surface area contributed by atoms with Crippen molar-refractivity contribution in [2.24, 2.45) is 5.73 Å². The topological polar surface area (TPSA) is 68.5 Å². The maximum absolute atomic E-state index is 12.0. The van der Waals surface area contributed by atoms with Gasteiger partial charge in [-0.15, -0.1) is 0 Å². The lowest BCUT2D eigenvalue weighted by atomic mass is 10.1. The molecule has 1 aliphatic rings. The van der Waals surface area contributed by atoms with Crippen molar-refractivity contribution in [3.63, 3.8) is 0 Å². The second kappa shape index (κ2) is 5.75. The fourth-order valence-electron chi connectivity index (χ4n) is 1.88. The van der Waals surface area contributed by atoms with E-state index in [2.05, 4.69) is 4.98 Å². The third kappa shape index (κ3) is 3.25. The Morgan fingerprint density at radius 3 is 2.94 bits per heavy atom. The van der Waals surface area contributed by atoms with Crippen molar-refractivity contribution in [1.82, 2.24) is 9.88 Å². The lowest BCUT2D eigenvalue weighted by Gasteiger charge is -2.29. The lowest BCUT2D eigenvalue weighted by Crippen LogP contribution is -2.49. The first-order chi connectivity index (χ1) is 8.27. The Bertz CT molecular complexity index is 363. The summed E-state index contributed by atoms with van der Waals surface area (Å²) in [7, 11) is 0. The molecule has 1 saturated heterocycles. The second-order valence-corrected chi connectivity index (χ2v) is 4.11. The first-order valence-corrected chi connectivity index (χ1v) is 5.78. The number of amides is 1. The van der Waals surface area contributed by atoms with Gasteiger partial charge in [0.1, 0.15) is 0 Å². The van der Waals surface area contributed by atoms with Crippen LogP contribution in [0.2, 0.25) is 0 Å². The highest BCUT2D eigenvalue weighted by molar-refractivity contribution is 5.82. The maximum Gasteiger partial charge on any atom is 0.239 e. The Balaban J connectivity index is 1.90. The van der Waals surface area contributed by atoms with Gasteiger partial charge in [0, 0.05) is 25.5 Å². The number of morpholine rings is 1. The molecule has 17 heavy (non-hydrogen) atoms. The number of hydrogen-bond donors (Lipinski definition) is 1. The summed E-state index contributed by atoms with van der Waals surface area (Å²) in [5, 5.41) is 0. The predicted octanol–water partition coefficient (Wildman–Crippen LogP) is -0.190. The van der Waals surface area contributed by atoms with Crippen molar-refractivity contribution < 1.29 is 9.53 Å². The van der Waals surface area contributed by atoms with E-state index >= 15 is 0 Å². The van der Waals surface area contributed by atoms with Crippen molar-refractivity contribution >= 4 is 5.91 Å². The van der Waals surface area contributed by atoms with E-state index in [4.69, 9.17) is 10.5 Å². The number of ether oxygens (including phenoxy) is 1. The first-order valence-electron chi connectivity index (χ1n) is 5.78. The molecule has 0 aliphatic carbocycles. The summed E-state index contributed by atoms with van der Waals surface area (Å²) in [6, 6.07) is 3.29. The Morgan fingerprint density at radius 1 is 1.53 bits per heavy atom. The zero-order chi connectivity index (χ0) is 12.1. The van der Waals surface area contributed by atoms with Crippen LogP contribution in [-0.2, 0) is 16.0 Å². The fraction of sp³-hybridized carbons (Fsp3) is 0.500. The van der Waals surface area contributed by atoms with Gasteiger partial charge in [0.15, 0.2) is 0 Å². The van der Waals surface area contributed by atoms with Gasteiger partial charge in [0.25, 0.3) is 0 Å². The van der Waals surface area contributed by atoms with Crippen molar-refractivity contribution in [2.75, 3.05) is 26.3 Å². The summed E-state index contributed by atoms with van der Waals surface area (Å²) < 4.78 is 5.20. The molecule has 1 fully saturated rings. The Labute approximate surface area is 101 Å². The summed E-state index contributed by atoms with van der Waals surface area (Å²) in [5.41, 5.74) is 6.91. The molecular formula is C12H17N3O2. The molecule has 2 rings (SSSR count). The zero-order valence-electron chi connectivity index (χ0n) is 9.71. The van der Waals surface area contributed by atoms with Gasteiger partial charge in [-0.1, -0.05) is 6.07 Å². The van der Waals surface area contributed by atoms with Crippen LogP contribution in [0.5, 0.6) is 0 Å². The number of aromatic nitrogens is 1. The quantitative estimate of drug-likeness (QED) is 0.788. The number of carbonyl (C=O) groups is 1. The monoisotopic (exact) mass is 235 g/mol. The molecule has 2 heterocycles. The average Bonchev–Trinajstić information content (AvgIpc) is 2.40. The molecule has 1 aliphatic heterocycles. The number of rotatable bonds is 3. The van der Waals surface area contributed by atoms with Gasteiger partial charge in [0.2, 0.25) is 5.91 Å². The molecule has 0 bridgehead atoms. The highest BCUT2D eigenvalue weighted by Crippen LogP contribution is 2.05. The number of carbonyl (C=O) groups excluding carboxylic acids is 1. The van der Waals surface area contributed by atoms with Gasteiger partial charge < -0.3 is 15.4 Å². The molecule has 0 aromatic carbocycles. The minimum atomic E-state index is -0.489. The van der Waals surface area contributed by atoms with Gasteiger partial charge in [-0.25, -0.2) is 0 Å². The third-order valence-electron chi connectivity index (χ3n) is 2.82. The molecule has 0 saturated carbocycles. The third-order valence-corrected chi connectivity index (χ3v) is 2.82. The Morgan fingerprint density at radius 2 is 2.29 bits per heavy atom. The molecule has 5 nitrogen and oxygen atoms in total. The minimum Gasteiger partial charge on any atom is -0.378 e. The van der Waals surface area contributed by atoms with E-state index in [0.717, 1.165) is 5.56 Å². The summed E-state index contributed by atoms with van der Waals surface area (Å²) in [5.74, 6) is -0.00264. The van der Waals surface area contributed by atoms with E-state index in [1.54, 1.807) is 17.3 Å². The van der Waals surface area contributed by atoms with E-state index in [9.17, 15) is 4.79 Å². The highest BCUT2D eigenvalue weighted by Gasteiger charge is 2.22. The van der Waals surface area contributed by atoms with Crippen LogP contribution in [0.1, 0.15) is 5.56 Å². The standard InChI is InChI=1S/C12H17N3O2/c13-11(8-10-2-1-3-14-9-10)12(16)15-4-6-17-7-5-15/h1-3,9,11H,4-8,13H2/t11-/m0/s1. The maximum atomic E-state index is 12.0. The van der Waals surface area contributed by atoms with Crippen LogP contribution >= 0.6 is 0 Å². The van der Waals surface area contributed by atoms with E-state index in [0.29, 0.717) is 32.7 Å². The fourth-order valence-corrected chi connectivity index (χ4v) is 1.88. The zero-order valence-corrected chi connectivity index (χ0v) is 9.71. The van der Waals surface area contributed by atoms with Crippen LogP contribution in [0, 0.1) is 0 Å². The van der Waals surface area contributed by atoms with Gasteiger partial charge in [-0.05, 0) is 18.1 Å². The van der Waals surface area contributed by atoms with Gasteiger partial charge in [-0.3, -0.25) is 9.78 Å². The Hall–Kier alpha value is -1.46. The summed E-state index contributed by atoms with van der Waals surface area (Å²) in [4.78, 5) is 17.8. The molecule has 2 N–H and O–H groups in total. The van der Waals surface area contributed by atoms with Gasteiger partial charge in [0.05, 0.1) is 19.3 Å². The number of nitrogens with two attached hydrogens (primary N) is 1. The van der Waals surface area contributed by atoms with Crippen LogP contribution in [-0.4, -0.2) is 48.1 Å². The van der Waals surface area contributed by atoms with Crippen LogP contribution in [0.3, 0.4) is 0 Å². The van der Waals surface area contributed by atoms with Gasteiger partial charge >= 0.3 is 0 Å². The highest BCUT2D eigenvalue weighted by atomic mass is 16.5. The number of hydrogen-bond acceptors (Lipinski definition) is 4. The molecule has 1 atom stereocenters. The van der Waals surface area contributed by atoms with E-state index in [1.165, 1.54) is 0 Å². The van der Waals surface area contributed by atoms with Crippen LogP contribution in [0.4, 0.5) is 0 Å². The molecule has 92 valence electrons. The van der Waals surface area contributed by atoms with Crippen molar-refractivity contribution in [2.45, 2.75) is 12.5 Å². The number of pyridine rings is 1. The molecule has 1 aromatic rings. The van der Waals surface area contributed by atoms with Crippen molar-refractivity contribution in [1.29, 1.82) is 0 Å². The average molecular weight is 235 g/mol. The van der Waals surface area contributed by atoms with Crippen molar-refractivity contribution in [3.8, 4) is 0 Å². The van der Waals surface area contributed by atoms with E-state index < -0.39 is 6.04 Å². The predicted molar refractivity (Wildman–Crippen MR) is 63.3 cm³/mol.